The molecular weight excluding hydrogens is 294 g/mol. The number of rotatable bonds is 8. The molecule has 2 heterocycles. The van der Waals surface area contributed by atoms with Gasteiger partial charge in [0, 0.05) is 13.6 Å². The number of amides is 1. The van der Waals surface area contributed by atoms with Gasteiger partial charge in [0.15, 0.2) is 5.65 Å². The number of hydrogen-bond acceptors (Lipinski definition) is 4. The van der Waals surface area contributed by atoms with Crippen LogP contribution < -0.4 is 5.73 Å². The van der Waals surface area contributed by atoms with E-state index in [0.717, 1.165) is 35.5 Å². The molecule has 0 unspecified atom stereocenters. The van der Waals surface area contributed by atoms with E-state index >= 15 is 0 Å². The molecule has 0 spiro atoms. The number of imidazole rings is 1. The van der Waals surface area contributed by atoms with Gasteiger partial charge in [-0.2, -0.15) is 5.10 Å². The van der Waals surface area contributed by atoms with Gasteiger partial charge in [0.05, 0.1) is 18.2 Å². The molecule has 8 heteroatoms. The van der Waals surface area contributed by atoms with Crippen molar-refractivity contribution in [2.24, 2.45) is 12.8 Å². The zero-order chi connectivity index (χ0) is 15.4. The highest BCUT2D eigenvalue weighted by Gasteiger charge is 2.18. The van der Waals surface area contributed by atoms with Crippen LogP contribution in [0.3, 0.4) is 0 Å². The van der Waals surface area contributed by atoms with E-state index in [-0.39, 0.29) is 6.61 Å². The fourth-order valence-corrected chi connectivity index (χ4v) is 2.56. The van der Waals surface area contributed by atoms with Gasteiger partial charge in [-0.25, -0.2) is 4.98 Å². The highest BCUT2D eigenvalue weighted by molar-refractivity contribution is 6.16. The van der Waals surface area contributed by atoms with E-state index in [9.17, 15) is 4.79 Å². The molecule has 0 aliphatic heterocycles. The summed E-state index contributed by atoms with van der Waals surface area (Å²) in [6.45, 7) is 2.95. The van der Waals surface area contributed by atoms with Crippen molar-refractivity contribution in [2.45, 2.75) is 32.2 Å². The van der Waals surface area contributed by atoms with Crippen LogP contribution in [0.4, 0.5) is 0 Å². The van der Waals surface area contributed by atoms with Gasteiger partial charge in [-0.05, 0) is 6.42 Å². The zero-order valence-electron chi connectivity index (χ0n) is 12.3. The second-order valence-corrected chi connectivity index (χ2v) is 5.09. The number of nitrogens with two attached hydrogens (primary N) is 1. The Bertz CT molecular complexity index is 634. The lowest BCUT2D eigenvalue weighted by atomic mass is 10.2. The molecule has 2 aromatic heterocycles. The SMILES string of the molecule is CCCc1nn(C)c2c1nc(CCl)n2CCOCC(N)=O. The number of carbonyl (C=O) groups excluding carboxylic acids is 1. The van der Waals surface area contributed by atoms with Crippen LogP contribution in [-0.2, 0) is 35.4 Å². The van der Waals surface area contributed by atoms with Crippen LogP contribution in [-0.4, -0.2) is 38.5 Å². The standard InChI is InChI=1S/C13H20ClN5O2/c1-3-4-9-12-13(18(2)17-9)19(11(7-14)16-12)5-6-21-8-10(15)20/h3-8H2,1-2H3,(H2,15,20). The summed E-state index contributed by atoms with van der Waals surface area (Å²) < 4.78 is 9.01. The minimum Gasteiger partial charge on any atom is -0.370 e. The average Bonchev–Trinajstić information content (AvgIpc) is 2.94. The van der Waals surface area contributed by atoms with Gasteiger partial charge in [-0.15, -0.1) is 11.6 Å². The largest absolute Gasteiger partial charge is 0.370 e. The summed E-state index contributed by atoms with van der Waals surface area (Å²) in [4.78, 5) is 15.3. The number of primary amides is 1. The third-order valence-corrected chi connectivity index (χ3v) is 3.42. The molecule has 0 aliphatic carbocycles. The van der Waals surface area contributed by atoms with Crippen LogP contribution in [0.25, 0.3) is 11.2 Å². The van der Waals surface area contributed by atoms with Gasteiger partial charge in [-0.3, -0.25) is 9.48 Å². The number of alkyl halides is 1. The van der Waals surface area contributed by atoms with Crippen LogP contribution in [0, 0.1) is 0 Å². The lowest BCUT2D eigenvalue weighted by Gasteiger charge is -2.08. The number of hydrogen-bond donors (Lipinski definition) is 1. The number of fused-ring (bicyclic) bond motifs is 1. The molecule has 0 aliphatic rings. The molecular formula is C13H20ClN5O2. The van der Waals surface area contributed by atoms with Crippen molar-refractivity contribution in [3.8, 4) is 0 Å². The molecule has 7 nitrogen and oxygen atoms in total. The summed E-state index contributed by atoms with van der Waals surface area (Å²) in [7, 11) is 1.89. The number of aromatic nitrogens is 4. The van der Waals surface area contributed by atoms with Crippen LogP contribution >= 0.6 is 11.6 Å². The smallest absolute Gasteiger partial charge is 0.243 e. The second-order valence-electron chi connectivity index (χ2n) is 4.82. The number of aryl methyl sites for hydroxylation is 2. The Morgan fingerprint density at radius 1 is 1.48 bits per heavy atom. The molecule has 2 N–H and O–H groups in total. The van der Waals surface area contributed by atoms with Crippen LogP contribution in [0.2, 0.25) is 0 Å². The van der Waals surface area contributed by atoms with Crippen LogP contribution in [0.15, 0.2) is 0 Å². The third-order valence-electron chi connectivity index (χ3n) is 3.18. The van der Waals surface area contributed by atoms with Crippen molar-refractivity contribution in [1.82, 2.24) is 19.3 Å². The molecule has 0 atom stereocenters. The van der Waals surface area contributed by atoms with Gasteiger partial charge in [0.1, 0.15) is 17.9 Å². The Balaban J connectivity index is 2.26. The van der Waals surface area contributed by atoms with E-state index in [0.29, 0.717) is 19.0 Å². The lowest BCUT2D eigenvalue weighted by Crippen LogP contribution is -2.20. The second kappa shape index (κ2) is 6.91. The first-order valence-corrected chi connectivity index (χ1v) is 7.44. The van der Waals surface area contributed by atoms with Gasteiger partial charge >= 0.3 is 0 Å². The Hall–Kier alpha value is -1.60. The number of nitrogens with zero attached hydrogens (tertiary/aromatic N) is 4. The van der Waals surface area contributed by atoms with E-state index in [4.69, 9.17) is 22.1 Å². The van der Waals surface area contributed by atoms with Crippen molar-refractivity contribution >= 4 is 28.7 Å². The maximum atomic E-state index is 10.7. The molecule has 2 rings (SSSR count). The van der Waals surface area contributed by atoms with Crippen molar-refractivity contribution in [3.63, 3.8) is 0 Å². The summed E-state index contributed by atoms with van der Waals surface area (Å²) >= 11 is 5.98. The minimum atomic E-state index is -0.478. The predicted molar refractivity (Wildman–Crippen MR) is 80.1 cm³/mol. The fraction of sp³-hybridized carbons (Fsp3) is 0.615. The summed E-state index contributed by atoms with van der Waals surface area (Å²) in [5.41, 5.74) is 7.85. The van der Waals surface area contributed by atoms with Gasteiger partial charge in [0.25, 0.3) is 0 Å². The summed E-state index contributed by atoms with van der Waals surface area (Å²) in [6.07, 6.45) is 1.89. The van der Waals surface area contributed by atoms with Crippen LogP contribution in [0.1, 0.15) is 24.9 Å². The molecule has 0 aromatic carbocycles. The Morgan fingerprint density at radius 2 is 2.24 bits per heavy atom. The van der Waals surface area contributed by atoms with Crippen molar-refractivity contribution < 1.29 is 9.53 Å². The summed E-state index contributed by atoms with van der Waals surface area (Å²) in [6, 6.07) is 0. The Labute approximate surface area is 128 Å². The lowest BCUT2D eigenvalue weighted by molar-refractivity contribution is -0.122. The van der Waals surface area contributed by atoms with E-state index in [1.807, 2.05) is 16.3 Å². The van der Waals surface area contributed by atoms with Gasteiger partial charge in [0.2, 0.25) is 5.91 Å². The topological polar surface area (TPSA) is 88.0 Å². The zero-order valence-corrected chi connectivity index (χ0v) is 13.1. The van der Waals surface area contributed by atoms with E-state index < -0.39 is 5.91 Å². The molecule has 0 saturated heterocycles. The van der Waals surface area contributed by atoms with Crippen molar-refractivity contribution in [3.05, 3.63) is 11.5 Å². The maximum absolute atomic E-state index is 10.7. The van der Waals surface area contributed by atoms with Crippen molar-refractivity contribution in [1.29, 1.82) is 0 Å². The van der Waals surface area contributed by atoms with E-state index in [1.54, 1.807) is 0 Å². The maximum Gasteiger partial charge on any atom is 0.243 e. The quantitative estimate of drug-likeness (QED) is 0.581. The highest BCUT2D eigenvalue weighted by Crippen LogP contribution is 2.21. The van der Waals surface area contributed by atoms with E-state index in [2.05, 4.69) is 17.0 Å². The number of halogens is 1. The number of ether oxygens (including phenoxy) is 1. The summed E-state index contributed by atoms with van der Waals surface area (Å²) in [5.74, 6) is 0.615. The Kier molecular flexibility index (Phi) is 5.19. The minimum absolute atomic E-state index is 0.0828. The molecule has 0 saturated carbocycles. The molecule has 116 valence electrons. The number of carbonyl (C=O) groups is 1. The molecule has 2 aromatic rings. The monoisotopic (exact) mass is 313 g/mol. The fourth-order valence-electron chi connectivity index (χ4n) is 2.36. The molecule has 0 radical (unpaired) electrons. The molecule has 0 fully saturated rings. The molecule has 1 amide bonds. The predicted octanol–water partition coefficient (Wildman–Crippen LogP) is 0.963. The molecule has 0 bridgehead atoms. The first kappa shape index (κ1) is 15.8. The summed E-state index contributed by atoms with van der Waals surface area (Å²) in [5, 5.41) is 4.51. The van der Waals surface area contributed by atoms with Gasteiger partial charge in [-0.1, -0.05) is 13.3 Å². The average molecular weight is 314 g/mol. The normalized spacial score (nSPS) is 11.4. The third kappa shape index (κ3) is 3.36. The first-order chi connectivity index (χ1) is 10.1. The van der Waals surface area contributed by atoms with Gasteiger partial charge < -0.3 is 15.0 Å². The highest BCUT2D eigenvalue weighted by atomic mass is 35.5. The Morgan fingerprint density at radius 3 is 2.86 bits per heavy atom. The van der Waals surface area contributed by atoms with E-state index in [1.165, 1.54) is 0 Å². The molecule has 21 heavy (non-hydrogen) atoms. The van der Waals surface area contributed by atoms with Crippen molar-refractivity contribution in [2.75, 3.05) is 13.2 Å². The van der Waals surface area contributed by atoms with Crippen LogP contribution in [0.5, 0.6) is 0 Å². The first-order valence-electron chi connectivity index (χ1n) is 6.91.